The zero-order valence-electron chi connectivity index (χ0n) is 20.3. The highest BCUT2D eigenvalue weighted by Gasteiger charge is 2.47. The van der Waals surface area contributed by atoms with Crippen molar-refractivity contribution in [3.63, 3.8) is 0 Å². The second-order valence-electron chi connectivity index (χ2n) is 9.62. The average Bonchev–Trinajstić information content (AvgIpc) is 3.32. The van der Waals surface area contributed by atoms with Gasteiger partial charge < -0.3 is 24.6 Å². The zero-order chi connectivity index (χ0) is 24.2. The molecular weight excluding hydrogens is 444 g/mol. The number of para-hydroxylation sites is 1. The van der Waals surface area contributed by atoms with Gasteiger partial charge in [0.2, 0.25) is 5.91 Å². The van der Waals surface area contributed by atoms with E-state index in [2.05, 4.69) is 15.2 Å². The van der Waals surface area contributed by atoms with Crippen molar-refractivity contribution in [2.45, 2.75) is 50.7 Å². The first-order valence-electron chi connectivity index (χ1n) is 12.7. The highest BCUT2D eigenvalue weighted by atomic mass is 16.5. The molecule has 2 saturated heterocycles. The molecule has 1 saturated carbocycles. The Hall–Kier alpha value is -3.13. The summed E-state index contributed by atoms with van der Waals surface area (Å²) >= 11 is 0. The Kier molecular flexibility index (Phi) is 7.18. The third-order valence-electron chi connectivity index (χ3n) is 7.57. The van der Waals surface area contributed by atoms with Gasteiger partial charge >= 0.3 is 0 Å². The summed E-state index contributed by atoms with van der Waals surface area (Å²) < 4.78 is 10.9. The third kappa shape index (κ3) is 4.98. The topological polar surface area (TPSA) is 84.0 Å². The largest absolute Gasteiger partial charge is 0.496 e. The highest BCUT2D eigenvalue weighted by Crippen LogP contribution is 2.41. The lowest BCUT2D eigenvalue weighted by molar-refractivity contribution is -0.125. The summed E-state index contributed by atoms with van der Waals surface area (Å²) in [5.74, 6) is 1.63. The number of pyridine rings is 1. The average molecular weight is 479 g/mol. The van der Waals surface area contributed by atoms with Crippen LogP contribution in [0.5, 0.6) is 5.75 Å². The number of carbonyl (C=O) groups excluding carboxylic acids is 2. The van der Waals surface area contributed by atoms with E-state index in [1.807, 2.05) is 35.4 Å². The number of amides is 2. The van der Waals surface area contributed by atoms with E-state index in [1.54, 1.807) is 19.2 Å². The van der Waals surface area contributed by atoms with Crippen molar-refractivity contribution in [3.05, 3.63) is 53.7 Å². The van der Waals surface area contributed by atoms with Crippen LogP contribution < -0.4 is 15.0 Å². The molecule has 3 fully saturated rings. The minimum atomic E-state index is -0.471. The summed E-state index contributed by atoms with van der Waals surface area (Å²) in [7, 11) is 1.57. The van der Waals surface area contributed by atoms with Gasteiger partial charge in [-0.2, -0.15) is 0 Å². The van der Waals surface area contributed by atoms with Gasteiger partial charge in [-0.25, -0.2) is 4.98 Å². The minimum absolute atomic E-state index is 0.0973. The summed E-state index contributed by atoms with van der Waals surface area (Å²) in [6, 6.07) is 10.9. The first-order chi connectivity index (χ1) is 17.2. The van der Waals surface area contributed by atoms with Crippen molar-refractivity contribution in [1.29, 1.82) is 0 Å². The Balaban J connectivity index is 1.28. The SMILES string of the molecule is COc1ccccc1C(=O)N1[C@@H]2CCCC[C@@H]2C[C@H]1C(=O)NCc1ccc(N2CCOCC2)nc1. The molecule has 1 aromatic carbocycles. The summed E-state index contributed by atoms with van der Waals surface area (Å²) in [4.78, 5) is 35.7. The van der Waals surface area contributed by atoms with Gasteiger partial charge in [0, 0.05) is 31.9 Å². The lowest BCUT2D eigenvalue weighted by atomic mass is 9.84. The number of methoxy groups -OCH3 is 1. The van der Waals surface area contributed by atoms with E-state index in [9.17, 15) is 9.59 Å². The fourth-order valence-electron chi connectivity index (χ4n) is 5.75. The summed E-state index contributed by atoms with van der Waals surface area (Å²) in [5, 5.41) is 3.08. The molecule has 0 radical (unpaired) electrons. The number of nitrogens with one attached hydrogen (secondary N) is 1. The number of fused-ring (bicyclic) bond motifs is 1. The second kappa shape index (κ2) is 10.6. The Bertz CT molecular complexity index is 1040. The Morgan fingerprint density at radius 2 is 1.91 bits per heavy atom. The third-order valence-corrected chi connectivity index (χ3v) is 7.57. The van der Waals surface area contributed by atoms with Gasteiger partial charge in [0.1, 0.15) is 17.6 Å². The molecule has 3 aliphatic rings. The fourth-order valence-corrected chi connectivity index (χ4v) is 5.75. The molecule has 1 aliphatic carbocycles. The number of anilines is 1. The van der Waals surface area contributed by atoms with Crippen LogP contribution in [0.15, 0.2) is 42.6 Å². The molecule has 2 aliphatic heterocycles. The first-order valence-corrected chi connectivity index (χ1v) is 12.7. The number of rotatable bonds is 6. The van der Waals surface area contributed by atoms with E-state index in [0.29, 0.717) is 43.4 Å². The molecule has 1 N–H and O–H groups in total. The molecule has 2 aromatic rings. The molecule has 2 amide bonds. The molecule has 5 rings (SSSR count). The van der Waals surface area contributed by atoms with Crippen LogP contribution in [0.4, 0.5) is 5.82 Å². The van der Waals surface area contributed by atoms with E-state index >= 15 is 0 Å². The molecule has 8 heteroatoms. The molecule has 186 valence electrons. The normalized spacial score (nSPS) is 24.1. The molecule has 35 heavy (non-hydrogen) atoms. The second-order valence-corrected chi connectivity index (χ2v) is 9.62. The van der Waals surface area contributed by atoms with Crippen molar-refractivity contribution in [2.24, 2.45) is 5.92 Å². The number of ether oxygens (including phenoxy) is 2. The Morgan fingerprint density at radius 3 is 2.69 bits per heavy atom. The van der Waals surface area contributed by atoms with Gasteiger partial charge in [-0.15, -0.1) is 0 Å². The lowest BCUT2D eigenvalue weighted by Gasteiger charge is -2.34. The van der Waals surface area contributed by atoms with Gasteiger partial charge in [-0.1, -0.05) is 31.0 Å². The van der Waals surface area contributed by atoms with Crippen LogP contribution in [0.1, 0.15) is 48.0 Å². The van der Waals surface area contributed by atoms with Crippen LogP contribution in [0, 0.1) is 5.92 Å². The van der Waals surface area contributed by atoms with Crippen LogP contribution in [-0.4, -0.2) is 67.2 Å². The summed E-state index contributed by atoms with van der Waals surface area (Å²) in [6.45, 7) is 3.49. The van der Waals surface area contributed by atoms with E-state index in [4.69, 9.17) is 9.47 Å². The number of hydrogen-bond donors (Lipinski definition) is 1. The predicted molar refractivity (Wildman–Crippen MR) is 132 cm³/mol. The van der Waals surface area contributed by atoms with Gasteiger partial charge in [-0.05, 0) is 48.9 Å². The van der Waals surface area contributed by atoms with Crippen molar-refractivity contribution >= 4 is 17.6 Å². The van der Waals surface area contributed by atoms with Gasteiger partial charge in [0.25, 0.3) is 5.91 Å². The van der Waals surface area contributed by atoms with Crippen LogP contribution in [-0.2, 0) is 16.1 Å². The molecule has 0 unspecified atom stereocenters. The lowest BCUT2D eigenvalue weighted by Crippen LogP contribution is -2.49. The molecule has 3 heterocycles. The number of morpholine rings is 1. The zero-order valence-corrected chi connectivity index (χ0v) is 20.3. The van der Waals surface area contributed by atoms with E-state index in [0.717, 1.165) is 50.2 Å². The number of likely N-dealkylation sites (tertiary alicyclic amines) is 1. The number of benzene rings is 1. The number of nitrogens with zero attached hydrogens (tertiary/aromatic N) is 3. The molecule has 0 bridgehead atoms. The minimum Gasteiger partial charge on any atom is -0.496 e. The standard InChI is InChI=1S/C27H34N4O4/c1-34-24-9-5-3-7-21(24)27(33)31-22-8-4-2-6-20(22)16-23(31)26(32)29-18-19-10-11-25(28-17-19)30-12-14-35-15-13-30/h3,5,7,9-11,17,20,22-23H,2,4,6,8,12-16,18H2,1H3,(H,29,32)/t20-,22-,23+/m1/s1. The summed E-state index contributed by atoms with van der Waals surface area (Å²) in [6.07, 6.45) is 6.79. The predicted octanol–water partition coefficient (Wildman–Crippen LogP) is 3.02. The Labute approximate surface area is 206 Å². The van der Waals surface area contributed by atoms with Crippen molar-refractivity contribution in [2.75, 3.05) is 38.3 Å². The highest BCUT2D eigenvalue weighted by molar-refractivity contribution is 6.00. The quantitative estimate of drug-likeness (QED) is 0.687. The number of hydrogen-bond acceptors (Lipinski definition) is 6. The summed E-state index contributed by atoms with van der Waals surface area (Å²) in [5.41, 5.74) is 1.45. The smallest absolute Gasteiger partial charge is 0.258 e. The van der Waals surface area contributed by atoms with Crippen LogP contribution in [0.3, 0.4) is 0 Å². The maximum absolute atomic E-state index is 13.7. The van der Waals surface area contributed by atoms with Gasteiger partial charge in [0.05, 0.1) is 25.9 Å². The van der Waals surface area contributed by atoms with Crippen molar-refractivity contribution in [3.8, 4) is 5.75 Å². The van der Waals surface area contributed by atoms with E-state index in [-0.39, 0.29) is 17.9 Å². The number of aromatic nitrogens is 1. The number of carbonyl (C=O) groups is 2. The fraction of sp³-hybridized carbons (Fsp3) is 0.519. The molecule has 1 aromatic heterocycles. The van der Waals surface area contributed by atoms with Crippen molar-refractivity contribution in [1.82, 2.24) is 15.2 Å². The van der Waals surface area contributed by atoms with Crippen LogP contribution in [0.25, 0.3) is 0 Å². The maximum atomic E-state index is 13.7. The van der Waals surface area contributed by atoms with Gasteiger partial charge in [0.15, 0.2) is 0 Å². The maximum Gasteiger partial charge on any atom is 0.258 e. The molecular formula is C27H34N4O4. The van der Waals surface area contributed by atoms with Crippen molar-refractivity contribution < 1.29 is 19.1 Å². The molecule has 0 spiro atoms. The molecule has 8 nitrogen and oxygen atoms in total. The monoisotopic (exact) mass is 478 g/mol. The van der Waals surface area contributed by atoms with E-state index in [1.165, 1.54) is 0 Å². The van der Waals surface area contributed by atoms with Crippen LogP contribution in [0.2, 0.25) is 0 Å². The van der Waals surface area contributed by atoms with Crippen LogP contribution >= 0.6 is 0 Å². The Morgan fingerprint density at radius 1 is 1.11 bits per heavy atom. The first kappa shape index (κ1) is 23.6. The molecule has 3 atom stereocenters. The van der Waals surface area contributed by atoms with E-state index < -0.39 is 6.04 Å². The van der Waals surface area contributed by atoms with Gasteiger partial charge in [-0.3, -0.25) is 9.59 Å².